The first-order valence-electron chi connectivity index (χ1n) is 11.2. The van der Waals surface area contributed by atoms with Crippen molar-refractivity contribution in [2.75, 3.05) is 53.0 Å². The van der Waals surface area contributed by atoms with E-state index in [0.717, 1.165) is 51.9 Å². The molecule has 3 rings (SSSR count). The van der Waals surface area contributed by atoms with Gasteiger partial charge in [-0.15, -0.1) is 24.0 Å². The van der Waals surface area contributed by atoms with Crippen LogP contribution < -0.4 is 10.6 Å². The second-order valence-electron chi connectivity index (χ2n) is 8.57. The molecule has 170 valence electrons. The van der Waals surface area contributed by atoms with Gasteiger partial charge in [-0.3, -0.25) is 14.8 Å². The molecule has 2 fully saturated rings. The molecule has 0 aromatic heterocycles. The number of morpholine rings is 1. The second kappa shape index (κ2) is 13.5. The molecule has 30 heavy (non-hydrogen) atoms. The van der Waals surface area contributed by atoms with Crippen LogP contribution in [0.1, 0.15) is 37.8 Å². The monoisotopic (exact) mass is 529 g/mol. The van der Waals surface area contributed by atoms with Crippen LogP contribution in [0.15, 0.2) is 29.3 Å². The number of nitrogens with one attached hydrogen (secondary N) is 2. The van der Waals surface area contributed by atoms with E-state index in [-0.39, 0.29) is 24.0 Å². The summed E-state index contributed by atoms with van der Waals surface area (Å²) in [5, 5.41) is 6.99. The average Bonchev–Trinajstić information content (AvgIpc) is 3.25. The standard InChI is InChI=1S/C23H39N5O.HI/c1-19(2)22(28-12-14-29-15-13-28)17-26-23(24-3)25-16-20-6-8-21(9-7-20)18-27-10-4-5-11-27;/h6-9,19,22H,4-5,10-18H2,1-3H3,(H2,24,25,26);1H. The van der Waals surface area contributed by atoms with E-state index in [1.165, 1.54) is 37.1 Å². The minimum Gasteiger partial charge on any atom is -0.379 e. The lowest BCUT2D eigenvalue weighted by atomic mass is 10.0. The molecule has 0 radical (unpaired) electrons. The van der Waals surface area contributed by atoms with Gasteiger partial charge in [-0.2, -0.15) is 0 Å². The van der Waals surface area contributed by atoms with Crippen molar-refractivity contribution < 1.29 is 4.74 Å². The zero-order chi connectivity index (χ0) is 20.5. The highest BCUT2D eigenvalue weighted by molar-refractivity contribution is 14.0. The average molecular weight is 530 g/mol. The van der Waals surface area contributed by atoms with Crippen molar-refractivity contribution in [3.8, 4) is 0 Å². The van der Waals surface area contributed by atoms with Crippen LogP contribution in [-0.4, -0.2) is 74.8 Å². The van der Waals surface area contributed by atoms with E-state index in [2.05, 4.69) is 63.5 Å². The molecule has 2 aliphatic rings. The van der Waals surface area contributed by atoms with E-state index in [1.54, 1.807) is 0 Å². The summed E-state index contributed by atoms with van der Waals surface area (Å²) in [5.74, 6) is 1.45. The molecule has 1 unspecified atom stereocenters. The molecular formula is C23H40IN5O. The highest BCUT2D eigenvalue weighted by atomic mass is 127. The predicted molar refractivity (Wildman–Crippen MR) is 136 cm³/mol. The minimum atomic E-state index is 0. The number of benzene rings is 1. The minimum absolute atomic E-state index is 0. The summed E-state index contributed by atoms with van der Waals surface area (Å²) in [6, 6.07) is 9.48. The first kappa shape index (κ1) is 25.4. The number of hydrogen-bond acceptors (Lipinski definition) is 4. The van der Waals surface area contributed by atoms with Crippen molar-refractivity contribution in [1.29, 1.82) is 0 Å². The van der Waals surface area contributed by atoms with Crippen LogP contribution in [0.2, 0.25) is 0 Å². The molecule has 1 aromatic carbocycles. The molecule has 0 bridgehead atoms. The molecule has 2 heterocycles. The topological polar surface area (TPSA) is 52.1 Å². The smallest absolute Gasteiger partial charge is 0.191 e. The Balaban J connectivity index is 0.00000320. The number of ether oxygens (including phenoxy) is 1. The maximum atomic E-state index is 5.51. The molecule has 2 saturated heterocycles. The van der Waals surface area contributed by atoms with Gasteiger partial charge in [-0.1, -0.05) is 38.1 Å². The van der Waals surface area contributed by atoms with E-state index in [4.69, 9.17) is 4.74 Å². The van der Waals surface area contributed by atoms with Gasteiger partial charge in [0, 0.05) is 45.8 Å². The molecule has 2 aliphatic heterocycles. The Bertz CT molecular complexity index is 625. The number of likely N-dealkylation sites (tertiary alicyclic amines) is 1. The fraction of sp³-hybridized carbons (Fsp3) is 0.696. The van der Waals surface area contributed by atoms with Crippen LogP contribution in [0.4, 0.5) is 0 Å². The van der Waals surface area contributed by atoms with Gasteiger partial charge in [0.05, 0.1) is 13.2 Å². The molecule has 0 aliphatic carbocycles. The Labute approximate surface area is 199 Å². The number of guanidine groups is 1. The molecular weight excluding hydrogens is 489 g/mol. The van der Waals surface area contributed by atoms with Crippen LogP contribution in [0.3, 0.4) is 0 Å². The van der Waals surface area contributed by atoms with E-state index < -0.39 is 0 Å². The second-order valence-corrected chi connectivity index (χ2v) is 8.57. The van der Waals surface area contributed by atoms with Crippen molar-refractivity contribution in [2.45, 2.75) is 45.8 Å². The maximum absolute atomic E-state index is 5.51. The summed E-state index contributed by atoms with van der Waals surface area (Å²) in [5.41, 5.74) is 2.69. The zero-order valence-corrected chi connectivity index (χ0v) is 21.2. The Kier molecular flexibility index (Phi) is 11.4. The van der Waals surface area contributed by atoms with Gasteiger partial charge in [-0.05, 0) is 43.0 Å². The lowest BCUT2D eigenvalue weighted by molar-refractivity contribution is 0.00752. The van der Waals surface area contributed by atoms with Gasteiger partial charge in [-0.25, -0.2) is 0 Å². The van der Waals surface area contributed by atoms with Crippen LogP contribution in [0, 0.1) is 5.92 Å². The molecule has 6 nitrogen and oxygen atoms in total. The third-order valence-corrected chi connectivity index (χ3v) is 6.07. The normalized spacial score (nSPS) is 19.5. The number of nitrogens with zero attached hydrogens (tertiary/aromatic N) is 3. The van der Waals surface area contributed by atoms with Gasteiger partial charge >= 0.3 is 0 Å². The SMILES string of the molecule is CN=C(NCc1ccc(CN2CCCC2)cc1)NCC(C(C)C)N1CCOCC1.I. The van der Waals surface area contributed by atoms with Crippen LogP contribution in [0.25, 0.3) is 0 Å². The lowest BCUT2D eigenvalue weighted by Gasteiger charge is -2.37. The Hall–Kier alpha value is -0.900. The third-order valence-electron chi connectivity index (χ3n) is 6.07. The predicted octanol–water partition coefficient (Wildman–Crippen LogP) is 2.92. The molecule has 0 amide bonds. The van der Waals surface area contributed by atoms with Crippen molar-refractivity contribution >= 4 is 29.9 Å². The highest BCUT2D eigenvalue weighted by Gasteiger charge is 2.23. The summed E-state index contributed by atoms with van der Waals surface area (Å²) in [4.78, 5) is 9.49. The Morgan fingerprint density at radius 3 is 2.23 bits per heavy atom. The molecule has 1 aromatic rings. The Morgan fingerprint density at radius 1 is 1.00 bits per heavy atom. The lowest BCUT2D eigenvalue weighted by Crippen LogP contribution is -2.52. The van der Waals surface area contributed by atoms with Crippen molar-refractivity contribution in [1.82, 2.24) is 20.4 Å². The van der Waals surface area contributed by atoms with E-state index in [1.807, 2.05) is 7.05 Å². The number of aliphatic imine (C=N–C) groups is 1. The fourth-order valence-electron chi connectivity index (χ4n) is 4.26. The molecule has 0 spiro atoms. The first-order chi connectivity index (χ1) is 14.2. The summed E-state index contributed by atoms with van der Waals surface area (Å²) < 4.78 is 5.51. The number of rotatable bonds is 8. The van der Waals surface area contributed by atoms with Crippen LogP contribution in [0.5, 0.6) is 0 Å². The van der Waals surface area contributed by atoms with Crippen LogP contribution in [-0.2, 0) is 17.8 Å². The van der Waals surface area contributed by atoms with Gasteiger partial charge in [0.2, 0.25) is 0 Å². The van der Waals surface area contributed by atoms with Gasteiger partial charge < -0.3 is 15.4 Å². The van der Waals surface area contributed by atoms with Gasteiger partial charge in [0.25, 0.3) is 0 Å². The fourth-order valence-corrected chi connectivity index (χ4v) is 4.26. The van der Waals surface area contributed by atoms with Gasteiger partial charge in [0.1, 0.15) is 0 Å². The van der Waals surface area contributed by atoms with Crippen LogP contribution >= 0.6 is 24.0 Å². The number of hydrogen-bond donors (Lipinski definition) is 2. The highest BCUT2D eigenvalue weighted by Crippen LogP contribution is 2.14. The van der Waals surface area contributed by atoms with Gasteiger partial charge in [0.15, 0.2) is 5.96 Å². The largest absolute Gasteiger partial charge is 0.379 e. The maximum Gasteiger partial charge on any atom is 0.191 e. The molecule has 0 saturated carbocycles. The van der Waals surface area contributed by atoms with E-state index >= 15 is 0 Å². The third kappa shape index (κ3) is 7.98. The summed E-state index contributed by atoms with van der Waals surface area (Å²) in [7, 11) is 1.84. The molecule has 7 heteroatoms. The molecule has 2 N–H and O–H groups in total. The van der Waals surface area contributed by atoms with Crippen molar-refractivity contribution in [2.24, 2.45) is 10.9 Å². The van der Waals surface area contributed by atoms with Crippen molar-refractivity contribution in [3.63, 3.8) is 0 Å². The zero-order valence-electron chi connectivity index (χ0n) is 18.9. The quantitative estimate of drug-likeness (QED) is 0.308. The molecule has 1 atom stereocenters. The Morgan fingerprint density at radius 2 is 1.63 bits per heavy atom. The van der Waals surface area contributed by atoms with E-state index in [9.17, 15) is 0 Å². The summed E-state index contributed by atoms with van der Waals surface area (Å²) >= 11 is 0. The number of halogens is 1. The summed E-state index contributed by atoms with van der Waals surface area (Å²) in [6.45, 7) is 13.5. The summed E-state index contributed by atoms with van der Waals surface area (Å²) in [6.07, 6.45) is 2.69. The first-order valence-corrected chi connectivity index (χ1v) is 11.2. The van der Waals surface area contributed by atoms with E-state index in [0.29, 0.717) is 12.0 Å². The van der Waals surface area contributed by atoms with Crippen molar-refractivity contribution in [3.05, 3.63) is 35.4 Å².